The first-order valence-corrected chi connectivity index (χ1v) is 7.47. The standard InChI is InChI=1S/C15H16BrNO4/c1-9-11-8-10(16)5-6-12(11)21-14(9)15(20)17-7-3-2-4-13(18)19/h5-6,8H,2-4,7H2,1H3,(H,17,20)(H,18,19). The molecule has 21 heavy (non-hydrogen) atoms. The van der Waals surface area contributed by atoms with E-state index in [1.54, 1.807) is 0 Å². The van der Waals surface area contributed by atoms with Crippen LogP contribution in [0.1, 0.15) is 35.4 Å². The number of carboxylic acid groups (broad SMARTS) is 1. The average molecular weight is 354 g/mol. The number of aliphatic carboxylic acids is 1. The maximum Gasteiger partial charge on any atom is 0.303 e. The van der Waals surface area contributed by atoms with Gasteiger partial charge in [-0.2, -0.15) is 0 Å². The van der Waals surface area contributed by atoms with E-state index < -0.39 is 5.97 Å². The fourth-order valence-electron chi connectivity index (χ4n) is 2.09. The van der Waals surface area contributed by atoms with Crippen LogP contribution in [0.5, 0.6) is 0 Å². The summed E-state index contributed by atoms with van der Waals surface area (Å²) in [7, 11) is 0. The molecule has 0 aliphatic carbocycles. The Balaban J connectivity index is 1.99. The predicted octanol–water partition coefficient (Wildman–Crippen LogP) is 3.49. The summed E-state index contributed by atoms with van der Waals surface area (Å²) < 4.78 is 6.51. The van der Waals surface area contributed by atoms with Gasteiger partial charge in [0.1, 0.15) is 5.58 Å². The minimum atomic E-state index is -0.819. The lowest BCUT2D eigenvalue weighted by atomic mass is 10.1. The Kier molecular flexibility index (Phi) is 5.01. The van der Waals surface area contributed by atoms with Gasteiger partial charge in [0.15, 0.2) is 5.76 Å². The molecular formula is C15H16BrNO4. The van der Waals surface area contributed by atoms with Gasteiger partial charge >= 0.3 is 5.97 Å². The van der Waals surface area contributed by atoms with Gasteiger partial charge in [-0.15, -0.1) is 0 Å². The van der Waals surface area contributed by atoms with Gasteiger partial charge in [-0.25, -0.2) is 0 Å². The first-order valence-electron chi connectivity index (χ1n) is 6.67. The number of furan rings is 1. The summed E-state index contributed by atoms with van der Waals surface area (Å²) in [6, 6.07) is 5.59. The van der Waals surface area contributed by atoms with Crippen molar-refractivity contribution in [1.29, 1.82) is 0 Å². The molecule has 0 atom stereocenters. The molecule has 1 aromatic carbocycles. The van der Waals surface area contributed by atoms with Gasteiger partial charge in [-0.1, -0.05) is 15.9 Å². The minimum absolute atomic E-state index is 0.119. The van der Waals surface area contributed by atoms with Crippen molar-refractivity contribution in [3.8, 4) is 0 Å². The predicted molar refractivity (Wildman–Crippen MR) is 82.5 cm³/mol. The van der Waals surface area contributed by atoms with Gasteiger partial charge in [0.05, 0.1) is 0 Å². The second kappa shape index (κ2) is 6.76. The molecule has 0 spiro atoms. The molecule has 0 radical (unpaired) electrons. The summed E-state index contributed by atoms with van der Waals surface area (Å²) in [6.45, 7) is 2.28. The Morgan fingerprint density at radius 1 is 1.33 bits per heavy atom. The smallest absolute Gasteiger partial charge is 0.303 e. The Morgan fingerprint density at radius 3 is 2.81 bits per heavy atom. The van der Waals surface area contributed by atoms with Crippen molar-refractivity contribution >= 4 is 38.8 Å². The van der Waals surface area contributed by atoms with Crippen molar-refractivity contribution in [2.24, 2.45) is 0 Å². The highest BCUT2D eigenvalue weighted by Crippen LogP contribution is 2.27. The largest absolute Gasteiger partial charge is 0.481 e. The lowest BCUT2D eigenvalue weighted by Gasteiger charge is -2.02. The third kappa shape index (κ3) is 3.85. The molecule has 6 heteroatoms. The number of rotatable bonds is 6. The van der Waals surface area contributed by atoms with Gasteiger partial charge in [-0.05, 0) is 38.0 Å². The van der Waals surface area contributed by atoms with Crippen LogP contribution in [0.15, 0.2) is 27.1 Å². The molecule has 0 aliphatic rings. The van der Waals surface area contributed by atoms with E-state index in [0.717, 1.165) is 15.4 Å². The van der Waals surface area contributed by atoms with E-state index in [9.17, 15) is 9.59 Å². The Hall–Kier alpha value is -1.82. The fraction of sp³-hybridized carbons (Fsp3) is 0.333. The first kappa shape index (κ1) is 15.6. The van der Waals surface area contributed by atoms with E-state index in [1.807, 2.05) is 25.1 Å². The highest BCUT2D eigenvalue weighted by molar-refractivity contribution is 9.10. The summed E-state index contributed by atoms with van der Waals surface area (Å²) >= 11 is 3.39. The molecule has 1 aromatic heterocycles. The topological polar surface area (TPSA) is 79.5 Å². The fourth-order valence-corrected chi connectivity index (χ4v) is 2.45. The average Bonchev–Trinajstić information content (AvgIpc) is 2.75. The van der Waals surface area contributed by atoms with Gasteiger partial charge in [0.25, 0.3) is 5.91 Å². The van der Waals surface area contributed by atoms with Crippen LogP contribution in [0.3, 0.4) is 0 Å². The van der Waals surface area contributed by atoms with E-state index in [0.29, 0.717) is 30.7 Å². The zero-order chi connectivity index (χ0) is 15.4. The number of carbonyl (C=O) groups is 2. The number of amides is 1. The van der Waals surface area contributed by atoms with Crippen LogP contribution in [0.2, 0.25) is 0 Å². The Morgan fingerprint density at radius 2 is 2.10 bits per heavy atom. The van der Waals surface area contributed by atoms with Gasteiger partial charge in [0, 0.05) is 28.4 Å². The molecule has 0 fully saturated rings. The second-order valence-electron chi connectivity index (χ2n) is 4.80. The van der Waals surface area contributed by atoms with Crippen molar-refractivity contribution in [1.82, 2.24) is 5.32 Å². The lowest BCUT2D eigenvalue weighted by Crippen LogP contribution is -2.24. The number of hydrogen-bond acceptors (Lipinski definition) is 3. The van der Waals surface area contributed by atoms with Gasteiger partial charge in [-0.3, -0.25) is 9.59 Å². The second-order valence-corrected chi connectivity index (χ2v) is 5.72. The van der Waals surface area contributed by atoms with E-state index in [2.05, 4.69) is 21.2 Å². The SMILES string of the molecule is Cc1c(C(=O)NCCCCC(=O)O)oc2ccc(Br)cc12. The van der Waals surface area contributed by atoms with Crippen LogP contribution >= 0.6 is 15.9 Å². The van der Waals surface area contributed by atoms with Crippen LogP contribution in [0, 0.1) is 6.92 Å². The highest BCUT2D eigenvalue weighted by atomic mass is 79.9. The van der Waals surface area contributed by atoms with Crippen molar-refractivity contribution in [3.05, 3.63) is 34.0 Å². The number of halogens is 1. The van der Waals surface area contributed by atoms with Crippen LogP contribution < -0.4 is 5.32 Å². The molecule has 112 valence electrons. The third-order valence-electron chi connectivity index (χ3n) is 3.21. The summed E-state index contributed by atoms with van der Waals surface area (Å²) in [5, 5.41) is 12.2. The van der Waals surface area contributed by atoms with E-state index in [1.165, 1.54) is 0 Å². The van der Waals surface area contributed by atoms with Crippen molar-refractivity contribution in [2.75, 3.05) is 6.54 Å². The molecule has 2 rings (SSSR count). The summed E-state index contributed by atoms with van der Waals surface area (Å²) in [5.41, 5.74) is 1.47. The molecule has 1 heterocycles. The normalized spacial score (nSPS) is 10.8. The van der Waals surface area contributed by atoms with Crippen LogP contribution in [0.4, 0.5) is 0 Å². The maximum absolute atomic E-state index is 12.1. The summed E-state index contributed by atoms with van der Waals surface area (Å²) in [6.07, 6.45) is 1.29. The molecular weight excluding hydrogens is 338 g/mol. The number of carbonyl (C=O) groups excluding carboxylic acids is 1. The molecule has 0 bridgehead atoms. The van der Waals surface area contributed by atoms with Crippen LogP contribution in [0.25, 0.3) is 11.0 Å². The maximum atomic E-state index is 12.1. The minimum Gasteiger partial charge on any atom is -0.481 e. The molecule has 2 N–H and O–H groups in total. The lowest BCUT2D eigenvalue weighted by molar-refractivity contribution is -0.137. The molecule has 5 nitrogen and oxygen atoms in total. The number of carboxylic acids is 1. The zero-order valence-electron chi connectivity index (χ0n) is 11.6. The highest BCUT2D eigenvalue weighted by Gasteiger charge is 2.17. The van der Waals surface area contributed by atoms with Crippen LogP contribution in [-0.4, -0.2) is 23.5 Å². The molecule has 0 aliphatic heterocycles. The zero-order valence-corrected chi connectivity index (χ0v) is 13.2. The molecule has 1 amide bonds. The number of aryl methyl sites for hydroxylation is 1. The molecule has 0 unspecified atom stereocenters. The molecule has 0 saturated carbocycles. The number of benzene rings is 1. The first-order chi connectivity index (χ1) is 9.99. The monoisotopic (exact) mass is 353 g/mol. The number of unbranched alkanes of at least 4 members (excludes halogenated alkanes) is 1. The van der Waals surface area contributed by atoms with Gasteiger partial charge < -0.3 is 14.8 Å². The number of fused-ring (bicyclic) bond motifs is 1. The molecule has 0 saturated heterocycles. The van der Waals surface area contributed by atoms with Gasteiger partial charge in [0.2, 0.25) is 0 Å². The Bertz CT molecular complexity index is 678. The van der Waals surface area contributed by atoms with Crippen LogP contribution in [-0.2, 0) is 4.79 Å². The third-order valence-corrected chi connectivity index (χ3v) is 3.70. The quantitative estimate of drug-likeness (QED) is 0.779. The Labute approximate surface area is 130 Å². The summed E-state index contributed by atoms with van der Waals surface area (Å²) in [4.78, 5) is 22.5. The number of nitrogens with one attached hydrogen (secondary N) is 1. The van der Waals surface area contributed by atoms with Crippen molar-refractivity contribution < 1.29 is 19.1 Å². The van der Waals surface area contributed by atoms with E-state index in [-0.39, 0.29) is 12.3 Å². The molecule has 2 aromatic rings. The number of hydrogen-bond donors (Lipinski definition) is 2. The van der Waals surface area contributed by atoms with E-state index in [4.69, 9.17) is 9.52 Å². The van der Waals surface area contributed by atoms with Crippen molar-refractivity contribution in [3.63, 3.8) is 0 Å². The van der Waals surface area contributed by atoms with E-state index >= 15 is 0 Å². The van der Waals surface area contributed by atoms with Crippen molar-refractivity contribution in [2.45, 2.75) is 26.2 Å². The summed E-state index contributed by atoms with van der Waals surface area (Å²) in [5.74, 6) is -0.781.